The smallest absolute Gasteiger partial charge is 0.528 e. The lowest BCUT2D eigenvalue weighted by Crippen LogP contribution is -2.41. The van der Waals surface area contributed by atoms with E-state index in [1.807, 2.05) is 0 Å². The number of amides is 1. The lowest BCUT2D eigenvalue weighted by Gasteiger charge is -2.28. The number of fused-ring (bicyclic) bond motifs is 1. The zero-order valence-electron chi connectivity index (χ0n) is 13.0. The number of hydrogen-bond acceptors (Lipinski definition) is 5. The van der Waals surface area contributed by atoms with E-state index in [0.29, 0.717) is 12.8 Å². The van der Waals surface area contributed by atoms with E-state index in [9.17, 15) is 19.7 Å². The number of thioether (sulfide) groups is 1. The van der Waals surface area contributed by atoms with Gasteiger partial charge in [-0.15, -0.1) is 11.8 Å². The third kappa shape index (κ3) is 3.76. The Morgan fingerprint density at radius 2 is 2.25 bits per heavy atom. The van der Waals surface area contributed by atoms with Crippen molar-refractivity contribution in [2.45, 2.75) is 25.1 Å². The van der Waals surface area contributed by atoms with Crippen molar-refractivity contribution in [2.24, 2.45) is 0 Å². The molecule has 126 valence electrons. The van der Waals surface area contributed by atoms with Gasteiger partial charge in [-0.1, -0.05) is 18.2 Å². The van der Waals surface area contributed by atoms with E-state index in [1.54, 1.807) is 23.9 Å². The molecular weight excluding hydrogens is 329 g/mol. The molecule has 0 aliphatic carbocycles. The van der Waals surface area contributed by atoms with Crippen LogP contribution in [0.4, 0.5) is 0 Å². The fourth-order valence-electron chi connectivity index (χ4n) is 2.88. The summed E-state index contributed by atoms with van der Waals surface area (Å²) in [6, 6.07) is 4.88. The van der Waals surface area contributed by atoms with Gasteiger partial charge in [0, 0.05) is 18.1 Å². The summed E-state index contributed by atoms with van der Waals surface area (Å²) in [5, 5.41) is 22.1. The second-order valence-corrected chi connectivity index (χ2v) is 7.08. The second-order valence-electron chi connectivity index (χ2n) is 5.86. The van der Waals surface area contributed by atoms with Crippen LogP contribution in [-0.2, 0) is 11.2 Å². The molecule has 6 nitrogen and oxygen atoms in total. The molecule has 3 N–H and O–H groups in total. The van der Waals surface area contributed by atoms with E-state index in [2.05, 4.69) is 11.4 Å². The molecule has 1 atom stereocenters. The second kappa shape index (κ2) is 7.31. The number of benzene rings is 1. The van der Waals surface area contributed by atoms with Crippen LogP contribution < -0.4 is 9.97 Å². The van der Waals surface area contributed by atoms with E-state index < -0.39 is 13.1 Å². The Kier molecular flexibility index (Phi) is 5.16. The van der Waals surface area contributed by atoms with Crippen molar-refractivity contribution >= 4 is 30.8 Å². The predicted molar refractivity (Wildman–Crippen MR) is 92.2 cm³/mol. The van der Waals surface area contributed by atoms with Crippen LogP contribution in [0.25, 0.3) is 0 Å². The first-order valence-electron chi connectivity index (χ1n) is 7.83. The van der Waals surface area contributed by atoms with Crippen LogP contribution in [0.5, 0.6) is 5.75 Å². The molecule has 1 unspecified atom stereocenters. The van der Waals surface area contributed by atoms with Gasteiger partial charge in [-0.05, 0) is 29.4 Å². The van der Waals surface area contributed by atoms with Gasteiger partial charge < -0.3 is 20.1 Å². The Hall–Kier alpha value is -1.93. The molecule has 1 aromatic carbocycles. The average molecular weight is 347 g/mol. The molecule has 0 radical (unpaired) electrons. The number of hydrogen-bond donors (Lipinski definition) is 3. The van der Waals surface area contributed by atoms with Gasteiger partial charge in [-0.25, -0.2) is 4.79 Å². The van der Waals surface area contributed by atoms with E-state index >= 15 is 0 Å². The molecule has 1 amide bonds. The van der Waals surface area contributed by atoms with Gasteiger partial charge >= 0.3 is 13.1 Å². The molecule has 0 bridgehead atoms. The van der Waals surface area contributed by atoms with Gasteiger partial charge in [0.05, 0.1) is 12.0 Å². The van der Waals surface area contributed by atoms with Crippen molar-refractivity contribution in [3.05, 3.63) is 40.3 Å². The van der Waals surface area contributed by atoms with Crippen LogP contribution >= 0.6 is 11.8 Å². The van der Waals surface area contributed by atoms with Crippen LogP contribution in [-0.4, -0.2) is 41.4 Å². The number of carbonyl (C=O) groups excluding carboxylic acids is 1. The number of allylic oxidation sites excluding steroid dienone is 1. The summed E-state index contributed by atoms with van der Waals surface area (Å²) in [5.74, 6) is -0.232. The lowest BCUT2D eigenvalue weighted by atomic mass is 9.66. The van der Waals surface area contributed by atoms with Crippen molar-refractivity contribution in [3.8, 4) is 5.75 Å². The first-order chi connectivity index (χ1) is 11.5. The average Bonchev–Trinajstić information content (AvgIpc) is 3.05. The van der Waals surface area contributed by atoms with Gasteiger partial charge in [0.1, 0.15) is 5.75 Å². The highest BCUT2D eigenvalue weighted by atomic mass is 32.2. The predicted octanol–water partition coefficient (Wildman–Crippen LogP) is 1.70. The zero-order valence-corrected chi connectivity index (χ0v) is 13.8. The molecule has 2 aliphatic heterocycles. The van der Waals surface area contributed by atoms with Gasteiger partial charge in [-0.3, -0.25) is 4.79 Å². The molecule has 0 fully saturated rings. The maximum absolute atomic E-state index is 12.0. The van der Waals surface area contributed by atoms with Gasteiger partial charge in [0.25, 0.3) is 0 Å². The minimum Gasteiger partial charge on any atom is -0.535 e. The highest BCUT2D eigenvalue weighted by Gasteiger charge is 2.36. The van der Waals surface area contributed by atoms with Crippen molar-refractivity contribution < 1.29 is 24.4 Å². The number of nitrogens with one attached hydrogen (secondary N) is 1. The third-order valence-corrected chi connectivity index (χ3v) is 5.25. The first kappa shape index (κ1) is 16.9. The lowest BCUT2D eigenvalue weighted by molar-refractivity contribution is -0.120. The third-order valence-electron chi connectivity index (χ3n) is 4.12. The SMILES string of the molecule is O=C(CC1=CCCS1)NCC1Cc2cccc(C(=O)O)c2OB1O. The Labute approximate surface area is 144 Å². The Bertz CT molecular complexity index is 693. The monoisotopic (exact) mass is 347 g/mol. The van der Waals surface area contributed by atoms with Crippen LogP contribution in [0.1, 0.15) is 28.8 Å². The normalized spacial score (nSPS) is 19.3. The van der Waals surface area contributed by atoms with Gasteiger partial charge in [0.2, 0.25) is 5.91 Å². The minimum atomic E-state index is -1.14. The van der Waals surface area contributed by atoms with Crippen molar-refractivity contribution in [1.29, 1.82) is 0 Å². The van der Waals surface area contributed by atoms with E-state index in [0.717, 1.165) is 22.6 Å². The Morgan fingerprint density at radius 3 is 2.96 bits per heavy atom. The topological polar surface area (TPSA) is 95.9 Å². The van der Waals surface area contributed by atoms with Crippen LogP contribution in [0.3, 0.4) is 0 Å². The molecule has 0 spiro atoms. The maximum atomic E-state index is 12.0. The van der Waals surface area contributed by atoms with Crippen LogP contribution in [0.15, 0.2) is 29.2 Å². The largest absolute Gasteiger partial charge is 0.535 e. The minimum absolute atomic E-state index is 0.0410. The Balaban J connectivity index is 1.61. The molecule has 2 heterocycles. The summed E-state index contributed by atoms with van der Waals surface area (Å²) in [6.45, 7) is 0.286. The molecule has 24 heavy (non-hydrogen) atoms. The molecule has 8 heteroatoms. The maximum Gasteiger partial charge on any atom is 0.528 e. The van der Waals surface area contributed by atoms with E-state index in [1.165, 1.54) is 6.07 Å². The first-order valence-corrected chi connectivity index (χ1v) is 8.81. The molecule has 0 saturated heterocycles. The number of carbonyl (C=O) groups is 2. The summed E-state index contributed by atoms with van der Waals surface area (Å²) in [7, 11) is -1.14. The highest BCUT2D eigenvalue weighted by molar-refractivity contribution is 8.03. The summed E-state index contributed by atoms with van der Waals surface area (Å²) < 4.78 is 5.41. The standard InChI is InChI=1S/C16H18BNO5S/c19-14(8-12-4-2-6-24-12)18-9-11-7-10-3-1-5-13(16(20)21)15(10)23-17(11)22/h1,3-5,11,22H,2,6-9H2,(H,18,19)(H,20,21). The molecular formula is C16H18BNO5S. The number of para-hydroxylation sites is 1. The molecule has 0 saturated carbocycles. The number of carboxylic acids is 1. The van der Waals surface area contributed by atoms with Crippen LogP contribution in [0, 0.1) is 0 Å². The molecule has 3 rings (SSSR count). The van der Waals surface area contributed by atoms with Crippen LogP contribution in [0.2, 0.25) is 5.82 Å². The summed E-state index contributed by atoms with van der Waals surface area (Å²) in [5.41, 5.74) is 0.771. The zero-order chi connectivity index (χ0) is 17.1. The van der Waals surface area contributed by atoms with E-state index in [4.69, 9.17) is 4.65 Å². The van der Waals surface area contributed by atoms with Gasteiger partial charge in [-0.2, -0.15) is 0 Å². The summed E-state index contributed by atoms with van der Waals surface area (Å²) >= 11 is 1.70. The van der Waals surface area contributed by atoms with Crippen molar-refractivity contribution in [2.75, 3.05) is 12.3 Å². The molecule has 1 aromatic rings. The van der Waals surface area contributed by atoms with Crippen molar-refractivity contribution in [1.82, 2.24) is 5.32 Å². The number of rotatable bonds is 5. The summed E-state index contributed by atoms with van der Waals surface area (Å²) in [6.07, 6.45) is 3.90. The Morgan fingerprint density at radius 1 is 1.42 bits per heavy atom. The highest BCUT2D eigenvalue weighted by Crippen LogP contribution is 2.34. The van der Waals surface area contributed by atoms with E-state index in [-0.39, 0.29) is 29.6 Å². The molecule has 2 aliphatic rings. The summed E-state index contributed by atoms with van der Waals surface area (Å²) in [4.78, 5) is 24.3. The fraction of sp³-hybridized carbons (Fsp3) is 0.375. The van der Waals surface area contributed by atoms with Gasteiger partial charge in [0.15, 0.2) is 0 Å². The number of carboxylic acid groups (broad SMARTS) is 1. The quantitative estimate of drug-likeness (QED) is 0.702. The van der Waals surface area contributed by atoms with Crippen molar-refractivity contribution in [3.63, 3.8) is 0 Å². The molecule has 0 aromatic heterocycles. The fourth-order valence-corrected chi connectivity index (χ4v) is 3.85. The number of aromatic carboxylic acids is 1.